The maximum Gasteiger partial charge on any atom is 0.323 e. The molecule has 3 heteroatoms. The normalized spacial score (nSPS) is 14.5. The number of aliphatic carboxylic acids is 1. The summed E-state index contributed by atoms with van der Waals surface area (Å²) in [4.78, 5) is 10.9. The molecule has 1 atom stereocenters. The van der Waals surface area contributed by atoms with Gasteiger partial charge in [0.1, 0.15) is 5.54 Å². The molecule has 0 amide bonds. The van der Waals surface area contributed by atoms with Crippen LogP contribution in [-0.2, 0) is 4.79 Å². The molecule has 0 saturated carbocycles. The number of terminal acetylenes is 1. The fourth-order valence-electron chi connectivity index (χ4n) is 1.18. The fraction of sp³-hybridized carbons (Fsp3) is 0.700. The first-order valence-electron chi connectivity index (χ1n) is 4.48. The molecule has 0 aliphatic rings. The van der Waals surface area contributed by atoms with E-state index in [0.29, 0.717) is 19.4 Å². The second kappa shape index (κ2) is 5.60. The van der Waals surface area contributed by atoms with Gasteiger partial charge in [0.05, 0.1) is 0 Å². The predicted molar refractivity (Wildman–Crippen MR) is 52.4 cm³/mol. The van der Waals surface area contributed by atoms with Crippen LogP contribution in [0.2, 0.25) is 0 Å². The van der Waals surface area contributed by atoms with Crippen LogP contribution in [0.15, 0.2) is 0 Å². The summed E-state index contributed by atoms with van der Waals surface area (Å²) in [5.74, 6) is 1.65. The molecular weight excluding hydrogens is 166 g/mol. The summed E-state index contributed by atoms with van der Waals surface area (Å²) in [5.41, 5.74) is -0.828. The van der Waals surface area contributed by atoms with Crippen molar-refractivity contribution >= 4 is 5.97 Å². The smallest absolute Gasteiger partial charge is 0.323 e. The molecule has 0 spiro atoms. The molecule has 0 bridgehead atoms. The third kappa shape index (κ3) is 3.95. The van der Waals surface area contributed by atoms with Gasteiger partial charge in [-0.2, -0.15) is 0 Å². The summed E-state index contributed by atoms with van der Waals surface area (Å²) in [7, 11) is 0. The zero-order chi connectivity index (χ0) is 10.3. The average Bonchev–Trinajstić information content (AvgIpc) is 2.05. The summed E-state index contributed by atoms with van der Waals surface area (Å²) in [6.07, 6.45) is 7.09. The Kier molecular flexibility index (Phi) is 5.17. The molecule has 0 aliphatic carbocycles. The van der Waals surface area contributed by atoms with Gasteiger partial charge in [-0.05, 0) is 13.3 Å². The molecule has 0 aliphatic heterocycles. The maximum atomic E-state index is 10.9. The molecule has 0 heterocycles. The molecule has 0 aromatic rings. The van der Waals surface area contributed by atoms with Crippen molar-refractivity contribution in [3.63, 3.8) is 0 Å². The van der Waals surface area contributed by atoms with Crippen LogP contribution in [0.4, 0.5) is 0 Å². The average molecular weight is 183 g/mol. The Hall–Kier alpha value is -1.01. The van der Waals surface area contributed by atoms with Crippen LogP contribution in [0.3, 0.4) is 0 Å². The highest BCUT2D eigenvalue weighted by Crippen LogP contribution is 2.12. The van der Waals surface area contributed by atoms with Crippen molar-refractivity contribution < 1.29 is 9.90 Å². The van der Waals surface area contributed by atoms with Crippen LogP contribution in [0.5, 0.6) is 0 Å². The lowest BCUT2D eigenvalue weighted by atomic mass is 9.96. The first-order valence-corrected chi connectivity index (χ1v) is 4.48. The Labute approximate surface area is 79.5 Å². The number of carboxylic acid groups (broad SMARTS) is 1. The molecular formula is C10H17NO2. The lowest BCUT2D eigenvalue weighted by Crippen LogP contribution is -2.49. The number of nitrogens with one attached hydrogen (secondary N) is 1. The van der Waals surface area contributed by atoms with Gasteiger partial charge in [0.2, 0.25) is 0 Å². The third-order valence-corrected chi connectivity index (χ3v) is 2.01. The van der Waals surface area contributed by atoms with E-state index in [1.54, 1.807) is 6.92 Å². The molecule has 0 saturated heterocycles. The minimum atomic E-state index is -0.828. The molecule has 13 heavy (non-hydrogen) atoms. The van der Waals surface area contributed by atoms with E-state index in [1.807, 2.05) is 6.92 Å². The quantitative estimate of drug-likeness (QED) is 0.481. The molecule has 0 rings (SSSR count). The molecule has 74 valence electrons. The third-order valence-electron chi connectivity index (χ3n) is 2.01. The second-order valence-corrected chi connectivity index (χ2v) is 3.27. The van der Waals surface area contributed by atoms with E-state index in [1.165, 1.54) is 0 Å². The number of hydrogen-bond acceptors (Lipinski definition) is 2. The standard InChI is InChI=1S/C10H17NO2/c1-4-6-8-11-10(3,7-5-2)9(12)13/h1,11H,5-8H2,2-3H3,(H,12,13). The molecule has 2 N–H and O–H groups in total. The van der Waals surface area contributed by atoms with Crippen LogP contribution in [0.1, 0.15) is 33.1 Å². The van der Waals surface area contributed by atoms with Gasteiger partial charge in [-0.3, -0.25) is 4.79 Å². The number of carboxylic acids is 1. The number of rotatable bonds is 6. The first kappa shape index (κ1) is 12.0. The van der Waals surface area contributed by atoms with Crippen molar-refractivity contribution in [2.75, 3.05) is 6.54 Å². The summed E-state index contributed by atoms with van der Waals surface area (Å²) < 4.78 is 0. The Morgan fingerprint density at radius 3 is 2.69 bits per heavy atom. The monoisotopic (exact) mass is 183 g/mol. The van der Waals surface area contributed by atoms with E-state index in [2.05, 4.69) is 11.2 Å². The minimum Gasteiger partial charge on any atom is -0.480 e. The largest absolute Gasteiger partial charge is 0.480 e. The highest BCUT2D eigenvalue weighted by Gasteiger charge is 2.30. The Morgan fingerprint density at radius 1 is 1.69 bits per heavy atom. The van der Waals surface area contributed by atoms with Gasteiger partial charge in [-0.25, -0.2) is 0 Å². The van der Waals surface area contributed by atoms with Crippen molar-refractivity contribution in [2.24, 2.45) is 0 Å². The van der Waals surface area contributed by atoms with Crippen LogP contribution in [-0.4, -0.2) is 23.2 Å². The lowest BCUT2D eigenvalue weighted by Gasteiger charge is -2.25. The van der Waals surface area contributed by atoms with Gasteiger partial charge in [0, 0.05) is 13.0 Å². The van der Waals surface area contributed by atoms with Gasteiger partial charge >= 0.3 is 5.97 Å². The fourth-order valence-corrected chi connectivity index (χ4v) is 1.18. The summed E-state index contributed by atoms with van der Waals surface area (Å²) >= 11 is 0. The topological polar surface area (TPSA) is 49.3 Å². The van der Waals surface area contributed by atoms with Crippen LogP contribution >= 0.6 is 0 Å². The van der Waals surface area contributed by atoms with Crippen LogP contribution < -0.4 is 5.32 Å². The first-order chi connectivity index (χ1) is 6.06. The molecule has 1 unspecified atom stereocenters. The van der Waals surface area contributed by atoms with Gasteiger partial charge in [0.25, 0.3) is 0 Å². The van der Waals surface area contributed by atoms with E-state index in [0.717, 1.165) is 6.42 Å². The molecule has 0 aromatic carbocycles. The minimum absolute atomic E-state index is 0.555. The summed E-state index contributed by atoms with van der Waals surface area (Å²) in [6, 6.07) is 0. The Bertz CT molecular complexity index is 207. The SMILES string of the molecule is C#CCCNC(C)(CCC)C(=O)O. The predicted octanol–water partition coefficient (Wildman–Crippen LogP) is 1.24. The van der Waals surface area contributed by atoms with Crippen LogP contribution in [0.25, 0.3) is 0 Å². The van der Waals surface area contributed by atoms with Gasteiger partial charge < -0.3 is 10.4 Å². The highest BCUT2D eigenvalue weighted by molar-refractivity contribution is 5.78. The number of hydrogen-bond donors (Lipinski definition) is 2. The highest BCUT2D eigenvalue weighted by atomic mass is 16.4. The zero-order valence-corrected chi connectivity index (χ0v) is 8.26. The van der Waals surface area contributed by atoms with E-state index < -0.39 is 11.5 Å². The van der Waals surface area contributed by atoms with Crippen molar-refractivity contribution in [2.45, 2.75) is 38.6 Å². The Balaban J connectivity index is 4.09. The maximum absolute atomic E-state index is 10.9. The Morgan fingerprint density at radius 2 is 2.31 bits per heavy atom. The number of carbonyl (C=O) groups is 1. The van der Waals surface area contributed by atoms with Crippen molar-refractivity contribution in [1.82, 2.24) is 5.32 Å². The molecule has 0 radical (unpaired) electrons. The van der Waals surface area contributed by atoms with Gasteiger partial charge in [0.15, 0.2) is 0 Å². The van der Waals surface area contributed by atoms with Gasteiger partial charge in [-0.15, -0.1) is 12.3 Å². The molecule has 3 nitrogen and oxygen atoms in total. The molecule has 0 fully saturated rings. The molecule has 0 aromatic heterocycles. The van der Waals surface area contributed by atoms with E-state index in [9.17, 15) is 4.79 Å². The van der Waals surface area contributed by atoms with Gasteiger partial charge in [-0.1, -0.05) is 13.3 Å². The zero-order valence-electron chi connectivity index (χ0n) is 8.26. The summed E-state index contributed by atoms with van der Waals surface area (Å²) in [6.45, 7) is 4.21. The van der Waals surface area contributed by atoms with E-state index in [4.69, 9.17) is 11.5 Å². The van der Waals surface area contributed by atoms with E-state index >= 15 is 0 Å². The summed E-state index contributed by atoms with van der Waals surface area (Å²) in [5, 5.41) is 11.9. The van der Waals surface area contributed by atoms with Crippen molar-refractivity contribution in [3.05, 3.63) is 0 Å². The lowest BCUT2D eigenvalue weighted by molar-refractivity contribution is -0.144. The van der Waals surface area contributed by atoms with Crippen molar-refractivity contribution in [3.8, 4) is 12.3 Å². The van der Waals surface area contributed by atoms with Crippen LogP contribution in [0, 0.1) is 12.3 Å². The van der Waals surface area contributed by atoms with E-state index in [-0.39, 0.29) is 0 Å². The van der Waals surface area contributed by atoms with Crippen molar-refractivity contribution in [1.29, 1.82) is 0 Å². The second-order valence-electron chi connectivity index (χ2n) is 3.27.